The predicted molar refractivity (Wildman–Crippen MR) is 97.4 cm³/mol. The van der Waals surface area contributed by atoms with E-state index in [1.807, 2.05) is 0 Å². The fourth-order valence-electron chi connectivity index (χ4n) is 1.64. The van der Waals surface area contributed by atoms with Crippen molar-refractivity contribution in [3.05, 3.63) is 20.3 Å². The van der Waals surface area contributed by atoms with Gasteiger partial charge in [-0.1, -0.05) is 0 Å². The van der Waals surface area contributed by atoms with Crippen molar-refractivity contribution in [2.75, 3.05) is 14.2 Å². The third kappa shape index (κ3) is 4.67. The highest BCUT2D eigenvalue weighted by atomic mass is 79.9. The molecule has 2 heterocycles. The predicted octanol–water partition coefficient (Wildman–Crippen LogP) is 1.09. The number of esters is 2. The molecular formula is C13H11B2BrN2O4S2. The molecule has 0 spiro atoms. The summed E-state index contributed by atoms with van der Waals surface area (Å²) in [7, 11) is 13.7. The van der Waals surface area contributed by atoms with Crippen LogP contribution >= 0.6 is 38.6 Å². The maximum atomic E-state index is 11.1. The molecule has 0 saturated heterocycles. The largest absolute Gasteiger partial charge is 0.464 e. The van der Waals surface area contributed by atoms with Crippen molar-refractivity contribution < 1.29 is 19.1 Å². The molecular weight excluding hydrogens is 414 g/mol. The second-order valence-electron chi connectivity index (χ2n) is 4.70. The van der Waals surface area contributed by atoms with Crippen molar-refractivity contribution in [3.8, 4) is 0 Å². The Morgan fingerprint density at radius 3 is 1.96 bits per heavy atom. The van der Waals surface area contributed by atoms with Crippen LogP contribution in [0.2, 0.25) is 0 Å². The molecule has 1 fully saturated rings. The van der Waals surface area contributed by atoms with Crippen LogP contribution in [-0.4, -0.2) is 51.8 Å². The Kier molecular flexibility index (Phi) is 6.59. The minimum absolute atomic E-state index is 0.171. The first-order valence-corrected chi connectivity index (χ1v) is 9.14. The first-order valence-electron chi connectivity index (χ1n) is 6.72. The van der Waals surface area contributed by atoms with E-state index < -0.39 is 11.9 Å². The van der Waals surface area contributed by atoms with Crippen molar-refractivity contribution in [3.63, 3.8) is 0 Å². The van der Waals surface area contributed by atoms with Gasteiger partial charge in [0.15, 0.2) is 15.3 Å². The molecule has 24 heavy (non-hydrogen) atoms. The zero-order valence-electron chi connectivity index (χ0n) is 12.9. The summed E-state index contributed by atoms with van der Waals surface area (Å²) in [6, 6.07) is 0. The summed E-state index contributed by atoms with van der Waals surface area (Å²) in [6.07, 6.45) is 2.32. The van der Waals surface area contributed by atoms with Gasteiger partial charge in [-0.2, -0.15) is 0 Å². The van der Waals surface area contributed by atoms with E-state index in [0.29, 0.717) is 19.4 Å². The highest BCUT2D eigenvalue weighted by molar-refractivity contribution is 9.11. The molecule has 3 rings (SSSR count). The van der Waals surface area contributed by atoms with E-state index in [0.717, 1.165) is 17.8 Å². The summed E-state index contributed by atoms with van der Waals surface area (Å²) in [6.45, 7) is 0. The van der Waals surface area contributed by atoms with Crippen LogP contribution in [0.15, 0.2) is 3.92 Å². The van der Waals surface area contributed by atoms with Gasteiger partial charge in [0.05, 0.1) is 19.2 Å². The number of nitrogens with zero attached hydrogens (tertiary/aromatic N) is 2. The fraction of sp³-hybridized carbons (Fsp3) is 0.385. The third-order valence-corrected chi connectivity index (χ3v) is 5.36. The van der Waals surface area contributed by atoms with E-state index in [1.54, 1.807) is 0 Å². The molecule has 6 nitrogen and oxygen atoms in total. The van der Waals surface area contributed by atoms with Crippen molar-refractivity contribution in [1.82, 2.24) is 9.97 Å². The molecule has 1 saturated carbocycles. The van der Waals surface area contributed by atoms with E-state index in [-0.39, 0.29) is 11.4 Å². The SMILES string of the molecule is [B]c1sc(Br)nc1C(=O)OC.[B]c1sc(C2CC2)nc1C(=O)OC. The Hall–Kier alpha value is -1.19. The Labute approximate surface area is 157 Å². The highest BCUT2D eigenvalue weighted by Gasteiger charge is 2.28. The number of hydrogen-bond acceptors (Lipinski definition) is 8. The minimum atomic E-state index is -0.510. The number of aromatic nitrogens is 2. The second-order valence-corrected chi connectivity index (χ2v) is 8.07. The van der Waals surface area contributed by atoms with Crippen LogP contribution in [0, 0.1) is 0 Å². The fourth-order valence-corrected chi connectivity index (χ4v) is 3.88. The van der Waals surface area contributed by atoms with Gasteiger partial charge in [-0.05, 0) is 38.3 Å². The van der Waals surface area contributed by atoms with E-state index in [1.165, 1.54) is 36.9 Å². The Morgan fingerprint density at radius 2 is 1.54 bits per heavy atom. The molecule has 2 aromatic heterocycles. The lowest BCUT2D eigenvalue weighted by molar-refractivity contribution is 0.0587. The summed E-state index contributed by atoms with van der Waals surface area (Å²) in [4.78, 5) is 30.0. The van der Waals surface area contributed by atoms with Gasteiger partial charge < -0.3 is 9.47 Å². The molecule has 1 aliphatic rings. The van der Waals surface area contributed by atoms with Gasteiger partial charge in [0.25, 0.3) is 0 Å². The average Bonchev–Trinajstić information content (AvgIpc) is 3.26. The van der Waals surface area contributed by atoms with Crippen LogP contribution in [0.4, 0.5) is 0 Å². The van der Waals surface area contributed by atoms with Crippen LogP contribution in [-0.2, 0) is 9.47 Å². The first kappa shape index (κ1) is 19.1. The van der Waals surface area contributed by atoms with E-state index >= 15 is 0 Å². The molecule has 0 amide bonds. The van der Waals surface area contributed by atoms with Crippen LogP contribution < -0.4 is 9.55 Å². The molecule has 0 atom stereocenters. The molecule has 122 valence electrons. The number of carbonyl (C=O) groups is 2. The minimum Gasteiger partial charge on any atom is -0.464 e. The molecule has 0 unspecified atom stereocenters. The molecule has 0 bridgehead atoms. The van der Waals surface area contributed by atoms with Crippen LogP contribution in [0.5, 0.6) is 0 Å². The van der Waals surface area contributed by atoms with Gasteiger partial charge in [-0.3, -0.25) is 0 Å². The van der Waals surface area contributed by atoms with Crippen LogP contribution in [0.25, 0.3) is 0 Å². The number of ether oxygens (including phenoxy) is 2. The van der Waals surface area contributed by atoms with Gasteiger partial charge in [0, 0.05) is 5.92 Å². The number of rotatable bonds is 3. The number of methoxy groups -OCH3 is 2. The number of hydrogen-bond donors (Lipinski definition) is 0. The maximum Gasteiger partial charge on any atom is 0.356 e. The average molecular weight is 425 g/mol. The molecule has 0 aromatic carbocycles. The second kappa shape index (κ2) is 8.26. The quantitative estimate of drug-likeness (QED) is 0.542. The molecule has 1 aliphatic carbocycles. The third-order valence-electron chi connectivity index (χ3n) is 2.98. The van der Waals surface area contributed by atoms with Crippen molar-refractivity contribution in [2.45, 2.75) is 18.8 Å². The van der Waals surface area contributed by atoms with Gasteiger partial charge >= 0.3 is 11.9 Å². The summed E-state index contributed by atoms with van der Waals surface area (Å²) in [5, 5.41) is 0.970. The van der Waals surface area contributed by atoms with Gasteiger partial charge in [0.1, 0.15) is 15.7 Å². The molecule has 4 radical (unpaired) electrons. The lowest BCUT2D eigenvalue weighted by Gasteiger charge is -1.93. The summed E-state index contributed by atoms with van der Waals surface area (Å²) in [5.74, 6) is -0.421. The highest BCUT2D eigenvalue weighted by Crippen LogP contribution is 2.40. The lowest BCUT2D eigenvalue weighted by Crippen LogP contribution is -2.13. The monoisotopic (exact) mass is 424 g/mol. The normalized spacial score (nSPS) is 13.0. The summed E-state index contributed by atoms with van der Waals surface area (Å²) < 4.78 is 10.4. The zero-order chi connectivity index (χ0) is 17.9. The molecule has 0 aliphatic heterocycles. The van der Waals surface area contributed by atoms with Gasteiger partial charge in [-0.25, -0.2) is 19.6 Å². The Bertz CT molecular complexity index is 761. The maximum absolute atomic E-state index is 11.1. The number of halogens is 1. The molecule has 2 aromatic rings. The van der Waals surface area contributed by atoms with E-state index in [2.05, 4.69) is 35.4 Å². The first-order chi connectivity index (χ1) is 11.4. The van der Waals surface area contributed by atoms with E-state index in [4.69, 9.17) is 15.7 Å². The topological polar surface area (TPSA) is 78.4 Å². The lowest BCUT2D eigenvalue weighted by atomic mass is 10.1. The molecule has 0 N–H and O–H groups in total. The Balaban J connectivity index is 0.000000177. The van der Waals surface area contributed by atoms with Crippen molar-refractivity contribution in [2.24, 2.45) is 0 Å². The standard InChI is InChI=1S/C8H8BNO2S.C5H3BBrNO2S/c1-12-8(11)5-6(9)13-7(10-5)4-2-3-4;1-10-4(9)2-3(6)11-5(7)8-2/h4H,2-3H2,1H3;1H3. The molecule has 11 heteroatoms. The number of carbonyl (C=O) groups excluding carboxylic acids is 2. The van der Waals surface area contributed by atoms with Crippen LogP contribution in [0.3, 0.4) is 0 Å². The van der Waals surface area contributed by atoms with E-state index in [9.17, 15) is 9.59 Å². The van der Waals surface area contributed by atoms with Gasteiger partial charge in [-0.15, -0.1) is 22.7 Å². The summed E-state index contributed by atoms with van der Waals surface area (Å²) in [5.41, 5.74) is 0.443. The van der Waals surface area contributed by atoms with Crippen molar-refractivity contribution >= 4 is 75.8 Å². The summed E-state index contributed by atoms with van der Waals surface area (Å²) >= 11 is 5.69. The number of thiazole rings is 2. The van der Waals surface area contributed by atoms with Gasteiger partial charge in [0.2, 0.25) is 0 Å². The van der Waals surface area contributed by atoms with Crippen LogP contribution in [0.1, 0.15) is 44.7 Å². The zero-order valence-corrected chi connectivity index (χ0v) is 16.1. The van der Waals surface area contributed by atoms with Crippen molar-refractivity contribution in [1.29, 1.82) is 0 Å². The Morgan fingerprint density at radius 1 is 1.04 bits per heavy atom. The smallest absolute Gasteiger partial charge is 0.356 e.